The third-order valence-electron chi connectivity index (χ3n) is 2.43. The van der Waals surface area contributed by atoms with Gasteiger partial charge in [-0.3, -0.25) is 0 Å². The standard InChI is InChI=1S/C13H17N3O2/c1-10(17)8-14-9-13-15-12(16-18-13)7-11-5-3-2-4-6-11/h2-6,10,14,17H,7-9H2,1H3. The SMILES string of the molecule is CC(O)CNCc1nc(Cc2ccccc2)no1. The summed E-state index contributed by atoms with van der Waals surface area (Å²) in [4.78, 5) is 4.28. The van der Waals surface area contributed by atoms with E-state index < -0.39 is 0 Å². The maximum absolute atomic E-state index is 9.10. The van der Waals surface area contributed by atoms with Gasteiger partial charge in [0.05, 0.1) is 12.6 Å². The monoisotopic (exact) mass is 247 g/mol. The van der Waals surface area contributed by atoms with Crippen LogP contribution in [0.1, 0.15) is 24.2 Å². The van der Waals surface area contributed by atoms with Gasteiger partial charge in [-0.25, -0.2) is 0 Å². The van der Waals surface area contributed by atoms with Gasteiger partial charge < -0.3 is 14.9 Å². The molecule has 0 fully saturated rings. The van der Waals surface area contributed by atoms with Crippen molar-refractivity contribution in [1.82, 2.24) is 15.5 Å². The molecule has 0 saturated heterocycles. The third kappa shape index (κ3) is 3.94. The van der Waals surface area contributed by atoms with Gasteiger partial charge in [-0.05, 0) is 12.5 Å². The van der Waals surface area contributed by atoms with Crippen LogP contribution in [0.15, 0.2) is 34.9 Å². The predicted octanol–water partition coefficient (Wildman–Crippen LogP) is 1.13. The molecule has 5 heteroatoms. The van der Waals surface area contributed by atoms with E-state index in [1.54, 1.807) is 6.92 Å². The van der Waals surface area contributed by atoms with Crippen LogP contribution in [0.5, 0.6) is 0 Å². The third-order valence-corrected chi connectivity index (χ3v) is 2.43. The number of hydrogen-bond acceptors (Lipinski definition) is 5. The van der Waals surface area contributed by atoms with Crippen LogP contribution in [0.3, 0.4) is 0 Å². The average Bonchev–Trinajstić information content (AvgIpc) is 2.78. The average molecular weight is 247 g/mol. The number of nitrogens with one attached hydrogen (secondary N) is 1. The summed E-state index contributed by atoms with van der Waals surface area (Å²) < 4.78 is 5.11. The van der Waals surface area contributed by atoms with E-state index in [-0.39, 0.29) is 6.10 Å². The molecule has 18 heavy (non-hydrogen) atoms. The molecule has 1 aromatic heterocycles. The van der Waals surface area contributed by atoms with Crippen LogP contribution in [-0.2, 0) is 13.0 Å². The number of benzene rings is 1. The van der Waals surface area contributed by atoms with Crippen molar-refractivity contribution >= 4 is 0 Å². The zero-order valence-electron chi connectivity index (χ0n) is 10.3. The van der Waals surface area contributed by atoms with Gasteiger partial charge in [-0.15, -0.1) is 0 Å². The fraction of sp³-hybridized carbons (Fsp3) is 0.385. The van der Waals surface area contributed by atoms with Crippen LogP contribution in [0.2, 0.25) is 0 Å². The summed E-state index contributed by atoms with van der Waals surface area (Å²) in [5.41, 5.74) is 1.15. The lowest BCUT2D eigenvalue weighted by atomic mass is 10.1. The van der Waals surface area contributed by atoms with Crippen LogP contribution in [-0.4, -0.2) is 27.9 Å². The van der Waals surface area contributed by atoms with Crippen molar-refractivity contribution in [3.63, 3.8) is 0 Å². The van der Waals surface area contributed by atoms with Crippen LogP contribution in [0.4, 0.5) is 0 Å². The first-order chi connectivity index (χ1) is 8.74. The summed E-state index contributed by atoms with van der Waals surface area (Å²) in [7, 11) is 0. The van der Waals surface area contributed by atoms with E-state index in [2.05, 4.69) is 15.5 Å². The lowest BCUT2D eigenvalue weighted by Crippen LogP contribution is -2.23. The van der Waals surface area contributed by atoms with Crippen molar-refractivity contribution in [2.24, 2.45) is 0 Å². The van der Waals surface area contributed by atoms with Gasteiger partial charge in [0.15, 0.2) is 5.82 Å². The molecular formula is C13H17N3O2. The molecule has 0 saturated carbocycles. The Morgan fingerprint density at radius 3 is 2.83 bits per heavy atom. The number of aliphatic hydroxyl groups excluding tert-OH is 1. The molecule has 96 valence electrons. The number of nitrogens with zero attached hydrogens (tertiary/aromatic N) is 2. The van der Waals surface area contributed by atoms with Crippen LogP contribution in [0, 0.1) is 0 Å². The molecule has 2 N–H and O–H groups in total. The van der Waals surface area contributed by atoms with E-state index in [0.29, 0.717) is 31.2 Å². The second-order valence-electron chi connectivity index (χ2n) is 4.25. The molecule has 0 bridgehead atoms. The summed E-state index contributed by atoms with van der Waals surface area (Å²) in [5.74, 6) is 1.22. The van der Waals surface area contributed by atoms with Gasteiger partial charge in [0.1, 0.15) is 0 Å². The van der Waals surface area contributed by atoms with Gasteiger partial charge in [-0.1, -0.05) is 35.5 Å². The molecule has 0 radical (unpaired) electrons. The highest BCUT2D eigenvalue weighted by molar-refractivity contribution is 5.18. The zero-order valence-corrected chi connectivity index (χ0v) is 10.3. The van der Waals surface area contributed by atoms with Gasteiger partial charge in [-0.2, -0.15) is 4.98 Å². The lowest BCUT2D eigenvalue weighted by molar-refractivity contribution is 0.189. The Bertz CT molecular complexity index is 468. The largest absolute Gasteiger partial charge is 0.392 e. The predicted molar refractivity (Wildman–Crippen MR) is 66.9 cm³/mol. The molecule has 5 nitrogen and oxygen atoms in total. The van der Waals surface area contributed by atoms with Crippen molar-refractivity contribution in [2.45, 2.75) is 26.0 Å². The molecule has 1 heterocycles. The Morgan fingerprint density at radius 2 is 2.11 bits per heavy atom. The minimum Gasteiger partial charge on any atom is -0.392 e. The van der Waals surface area contributed by atoms with E-state index in [1.807, 2.05) is 30.3 Å². The number of hydrogen-bond donors (Lipinski definition) is 2. The highest BCUT2D eigenvalue weighted by Crippen LogP contribution is 2.06. The number of rotatable bonds is 6. The molecule has 1 aromatic carbocycles. The van der Waals surface area contributed by atoms with E-state index in [0.717, 1.165) is 5.56 Å². The number of aromatic nitrogens is 2. The lowest BCUT2D eigenvalue weighted by Gasteiger charge is -2.02. The first kappa shape index (κ1) is 12.7. The summed E-state index contributed by atoms with van der Waals surface area (Å²) in [6.45, 7) is 2.71. The summed E-state index contributed by atoms with van der Waals surface area (Å²) >= 11 is 0. The minimum atomic E-state index is -0.378. The van der Waals surface area contributed by atoms with Crippen molar-refractivity contribution < 1.29 is 9.63 Å². The second kappa shape index (κ2) is 6.28. The highest BCUT2D eigenvalue weighted by atomic mass is 16.5. The van der Waals surface area contributed by atoms with Gasteiger partial charge in [0, 0.05) is 13.0 Å². The smallest absolute Gasteiger partial charge is 0.240 e. The Balaban J connectivity index is 1.86. The molecule has 0 aliphatic rings. The van der Waals surface area contributed by atoms with E-state index >= 15 is 0 Å². The molecule has 1 unspecified atom stereocenters. The maximum Gasteiger partial charge on any atom is 0.240 e. The second-order valence-corrected chi connectivity index (χ2v) is 4.25. The summed E-state index contributed by atoms with van der Waals surface area (Å²) in [6.07, 6.45) is 0.289. The minimum absolute atomic E-state index is 0.378. The molecular weight excluding hydrogens is 230 g/mol. The fourth-order valence-corrected chi connectivity index (χ4v) is 1.60. The normalized spacial score (nSPS) is 12.6. The van der Waals surface area contributed by atoms with E-state index in [9.17, 15) is 0 Å². The van der Waals surface area contributed by atoms with Crippen LogP contribution >= 0.6 is 0 Å². The quantitative estimate of drug-likeness (QED) is 0.800. The Labute approximate surface area is 106 Å². The molecule has 2 aromatic rings. The Hall–Kier alpha value is -1.72. The molecule has 2 rings (SSSR count). The van der Waals surface area contributed by atoms with E-state index in [4.69, 9.17) is 9.63 Å². The topological polar surface area (TPSA) is 71.2 Å². The van der Waals surface area contributed by atoms with Crippen molar-refractivity contribution in [3.05, 3.63) is 47.6 Å². The molecule has 0 aliphatic carbocycles. The Morgan fingerprint density at radius 1 is 1.33 bits per heavy atom. The van der Waals surface area contributed by atoms with Crippen molar-refractivity contribution in [3.8, 4) is 0 Å². The van der Waals surface area contributed by atoms with Crippen molar-refractivity contribution in [2.75, 3.05) is 6.54 Å². The number of aliphatic hydroxyl groups is 1. The molecule has 0 spiro atoms. The molecule has 0 amide bonds. The first-order valence-electron chi connectivity index (χ1n) is 5.98. The Kier molecular flexibility index (Phi) is 4.44. The fourth-order valence-electron chi connectivity index (χ4n) is 1.60. The van der Waals surface area contributed by atoms with E-state index in [1.165, 1.54) is 0 Å². The van der Waals surface area contributed by atoms with Gasteiger partial charge in [0.2, 0.25) is 5.89 Å². The summed E-state index contributed by atoms with van der Waals surface area (Å²) in [6, 6.07) is 10.0. The van der Waals surface area contributed by atoms with Gasteiger partial charge >= 0.3 is 0 Å². The summed E-state index contributed by atoms with van der Waals surface area (Å²) in [5, 5.41) is 16.1. The van der Waals surface area contributed by atoms with Gasteiger partial charge in [0.25, 0.3) is 0 Å². The zero-order chi connectivity index (χ0) is 12.8. The first-order valence-corrected chi connectivity index (χ1v) is 5.98. The molecule has 1 atom stereocenters. The molecule has 0 aliphatic heterocycles. The maximum atomic E-state index is 9.10. The van der Waals surface area contributed by atoms with Crippen LogP contribution in [0.25, 0.3) is 0 Å². The van der Waals surface area contributed by atoms with Crippen LogP contribution < -0.4 is 5.32 Å². The highest BCUT2D eigenvalue weighted by Gasteiger charge is 2.06. The van der Waals surface area contributed by atoms with Crippen molar-refractivity contribution in [1.29, 1.82) is 0 Å².